The molecule has 4 heteroatoms. The first kappa shape index (κ1) is 11.8. The molecule has 88 valence electrons. The summed E-state index contributed by atoms with van der Waals surface area (Å²) in [4.78, 5) is 10.9. The summed E-state index contributed by atoms with van der Waals surface area (Å²) < 4.78 is 0. The zero-order valence-electron chi connectivity index (χ0n) is 9.65. The average molecular weight is 237 g/mol. The predicted molar refractivity (Wildman–Crippen MR) is 69.6 cm³/mol. The van der Waals surface area contributed by atoms with Crippen molar-refractivity contribution in [2.24, 2.45) is 5.29 Å². The van der Waals surface area contributed by atoms with Gasteiger partial charge in [-0.1, -0.05) is 30.3 Å². The first-order chi connectivity index (χ1) is 8.83. The second-order valence-corrected chi connectivity index (χ2v) is 3.78. The number of nitroso groups, excluding NO2 is 1. The molecule has 0 saturated carbocycles. The van der Waals surface area contributed by atoms with Crippen LogP contribution < -0.4 is 5.01 Å². The van der Waals surface area contributed by atoms with Gasteiger partial charge in [-0.05, 0) is 29.8 Å². The highest BCUT2D eigenvalue weighted by molar-refractivity contribution is 5.49. The lowest BCUT2D eigenvalue weighted by atomic mass is 10.2. The Kier molecular flexibility index (Phi) is 3.67. The van der Waals surface area contributed by atoms with Crippen molar-refractivity contribution in [3.05, 3.63) is 70.6 Å². The minimum Gasteiger partial charge on any atom is -0.225 e. The van der Waals surface area contributed by atoms with Crippen LogP contribution in [-0.4, -0.2) is 0 Å². The zero-order valence-corrected chi connectivity index (χ0v) is 9.65. The fourth-order valence-corrected chi connectivity index (χ4v) is 1.63. The molecule has 0 aromatic heterocycles. The van der Waals surface area contributed by atoms with Gasteiger partial charge in [-0.3, -0.25) is 0 Å². The lowest BCUT2D eigenvalue weighted by molar-refractivity contribution is 0.847. The molecule has 0 N–H and O–H groups in total. The van der Waals surface area contributed by atoms with E-state index < -0.39 is 0 Å². The molecule has 2 aromatic carbocycles. The van der Waals surface area contributed by atoms with Crippen LogP contribution in [0.25, 0.3) is 0 Å². The van der Waals surface area contributed by atoms with E-state index in [0.29, 0.717) is 17.8 Å². The maximum absolute atomic E-state index is 10.9. The number of nitriles is 1. The smallest absolute Gasteiger partial charge is 0.0991 e. The van der Waals surface area contributed by atoms with Gasteiger partial charge < -0.3 is 0 Å². The number of hydrogen-bond acceptors (Lipinski definition) is 3. The second-order valence-electron chi connectivity index (χ2n) is 3.78. The Morgan fingerprint density at radius 2 is 1.72 bits per heavy atom. The fourth-order valence-electron chi connectivity index (χ4n) is 1.63. The summed E-state index contributed by atoms with van der Waals surface area (Å²) in [5, 5.41) is 13.1. The van der Waals surface area contributed by atoms with Gasteiger partial charge in [0, 0.05) is 0 Å². The van der Waals surface area contributed by atoms with Crippen LogP contribution in [0.3, 0.4) is 0 Å². The Morgan fingerprint density at radius 3 is 2.28 bits per heavy atom. The van der Waals surface area contributed by atoms with Crippen molar-refractivity contribution in [1.82, 2.24) is 0 Å². The molecular formula is C14H11N3O. The van der Waals surface area contributed by atoms with E-state index in [-0.39, 0.29) is 0 Å². The lowest BCUT2D eigenvalue weighted by Gasteiger charge is -2.15. The number of nitrogens with zero attached hydrogens (tertiary/aromatic N) is 3. The van der Waals surface area contributed by atoms with E-state index in [2.05, 4.69) is 5.29 Å². The minimum absolute atomic E-state index is 0.413. The van der Waals surface area contributed by atoms with Crippen molar-refractivity contribution < 1.29 is 0 Å². The van der Waals surface area contributed by atoms with Gasteiger partial charge in [0.15, 0.2) is 0 Å². The van der Waals surface area contributed by atoms with Crippen LogP contribution >= 0.6 is 0 Å². The van der Waals surface area contributed by atoms with Crippen molar-refractivity contribution in [2.45, 2.75) is 6.54 Å². The van der Waals surface area contributed by atoms with E-state index in [9.17, 15) is 4.91 Å². The Bertz CT molecular complexity index is 558. The van der Waals surface area contributed by atoms with Crippen LogP contribution in [0.1, 0.15) is 11.1 Å². The Balaban J connectivity index is 2.18. The molecule has 2 aromatic rings. The summed E-state index contributed by atoms with van der Waals surface area (Å²) in [6.45, 7) is 0.413. The summed E-state index contributed by atoms with van der Waals surface area (Å²) in [5.41, 5.74) is 2.23. The molecular weight excluding hydrogens is 226 g/mol. The van der Waals surface area contributed by atoms with Crippen LogP contribution in [0.15, 0.2) is 59.9 Å². The molecule has 18 heavy (non-hydrogen) atoms. The van der Waals surface area contributed by atoms with Gasteiger partial charge in [0.2, 0.25) is 0 Å². The first-order valence-corrected chi connectivity index (χ1v) is 5.48. The molecule has 0 aliphatic carbocycles. The summed E-state index contributed by atoms with van der Waals surface area (Å²) in [5.74, 6) is 0. The van der Waals surface area contributed by atoms with Crippen molar-refractivity contribution >= 4 is 5.69 Å². The number of hydrogen-bond donors (Lipinski definition) is 0. The van der Waals surface area contributed by atoms with E-state index in [4.69, 9.17) is 5.26 Å². The average Bonchev–Trinajstić information content (AvgIpc) is 2.46. The molecule has 0 bridgehead atoms. The first-order valence-electron chi connectivity index (χ1n) is 5.48. The molecule has 0 amide bonds. The number of rotatable bonds is 4. The molecule has 0 atom stereocenters. The molecule has 0 radical (unpaired) electrons. The second kappa shape index (κ2) is 5.60. The normalized spacial score (nSPS) is 9.50. The lowest BCUT2D eigenvalue weighted by Crippen LogP contribution is -2.14. The minimum atomic E-state index is 0.413. The summed E-state index contributed by atoms with van der Waals surface area (Å²) in [7, 11) is 0. The third-order valence-electron chi connectivity index (χ3n) is 2.57. The molecule has 0 heterocycles. The molecule has 4 nitrogen and oxygen atoms in total. The fraction of sp³-hybridized carbons (Fsp3) is 0.0714. The van der Waals surface area contributed by atoms with E-state index in [1.807, 2.05) is 36.4 Å². The maximum Gasteiger partial charge on any atom is 0.0991 e. The predicted octanol–water partition coefficient (Wildman–Crippen LogP) is 3.25. The SMILES string of the molecule is N#Cc1ccc(N(Cc2ccccc2)N=O)cc1. The third-order valence-corrected chi connectivity index (χ3v) is 2.57. The molecule has 0 spiro atoms. The highest BCUT2D eigenvalue weighted by Gasteiger charge is 2.07. The van der Waals surface area contributed by atoms with Crippen molar-refractivity contribution in [2.75, 3.05) is 5.01 Å². The van der Waals surface area contributed by atoms with Crippen LogP contribution in [0.2, 0.25) is 0 Å². The molecule has 0 fully saturated rings. The highest BCUT2D eigenvalue weighted by Crippen LogP contribution is 2.18. The van der Waals surface area contributed by atoms with Crippen LogP contribution in [0.4, 0.5) is 5.69 Å². The monoisotopic (exact) mass is 237 g/mol. The topological polar surface area (TPSA) is 56.5 Å². The summed E-state index contributed by atoms with van der Waals surface area (Å²) in [6.07, 6.45) is 0. The Morgan fingerprint density at radius 1 is 1.06 bits per heavy atom. The van der Waals surface area contributed by atoms with Crippen molar-refractivity contribution in [1.29, 1.82) is 5.26 Å². The summed E-state index contributed by atoms with van der Waals surface area (Å²) in [6, 6.07) is 18.4. The van der Waals surface area contributed by atoms with E-state index in [1.54, 1.807) is 24.3 Å². The third kappa shape index (κ3) is 2.71. The van der Waals surface area contributed by atoms with Crippen LogP contribution in [-0.2, 0) is 6.54 Å². The van der Waals surface area contributed by atoms with E-state index in [0.717, 1.165) is 5.56 Å². The van der Waals surface area contributed by atoms with Gasteiger partial charge in [0.05, 0.1) is 29.2 Å². The van der Waals surface area contributed by atoms with Gasteiger partial charge in [-0.2, -0.15) is 5.26 Å². The Labute approximate surface area is 105 Å². The van der Waals surface area contributed by atoms with Crippen molar-refractivity contribution in [3.8, 4) is 6.07 Å². The Hall–Kier alpha value is -2.67. The molecule has 0 unspecified atom stereocenters. The van der Waals surface area contributed by atoms with Gasteiger partial charge in [0.25, 0.3) is 0 Å². The zero-order chi connectivity index (χ0) is 12.8. The maximum atomic E-state index is 10.9. The van der Waals surface area contributed by atoms with Gasteiger partial charge >= 0.3 is 0 Å². The number of anilines is 1. The van der Waals surface area contributed by atoms with Gasteiger partial charge in [0.1, 0.15) is 0 Å². The molecule has 0 saturated heterocycles. The van der Waals surface area contributed by atoms with Crippen LogP contribution in [0.5, 0.6) is 0 Å². The van der Waals surface area contributed by atoms with E-state index in [1.165, 1.54) is 5.01 Å². The van der Waals surface area contributed by atoms with E-state index >= 15 is 0 Å². The largest absolute Gasteiger partial charge is 0.225 e. The highest BCUT2D eigenvalue weighted by atomic mass is 16.3. The molecule has 0 aliphatic rings. The van der Waals surface area contributed by atoms with Crippen LogP contribution in [0, 0.1) is 16.2 Å². The quantitative estimate of drug-likeness (QED) is 0.605. The molecule has 0 aliphatic heterocycles. The van der Waals surface area contributed by atoms with Gasteiger partial charge in [-0.25, -0.2) is 5.01 Å². The van der Waals surface area contributed by atoms with Gasteiger partial charge in [-0.15, -0.1) is 4.91 Å². The summed E-state index contributed by atoms with van der Waals surface area (Å²) >= 11 is 0. The number of benzene rings is 2. The molecule has 2 rings (SSSR count). The standard InChI is InChI=1S/C14H11N3O/c15-10-12-6-8-14(9-7-12)17(16-18)11-13-4-2-1-3-5-13/h1-9H,11H2. The van der Waals surface area contributed by atoms with Crippen molar-refractivity contribution in [3.63, 3.8) is 0 Å².